The highest BCUT2D eigenvalue weighted by Gasteiger charge is 2.18. The zero-order chi connectivity index (χ0) is 10.4. The summed E-state index contributed by atoms with van der Waals surface area (Å²) in [5.41, 5.74) is 0. The number of amides is 1. The van der Waals surface area contributed by atoms with Crippen LogP contribution in [0.5, 0.6) is 0 Å². The molecular weight excluding hydrogens is 206 g/mol. The van der Waals surface area contributed by atoms with Crippen molar-refractivity contribution in [3.8, 4) is 0 Å². The van der Waals surface area contributed by atoms with Crippen LogP contribution in [0.3, 0.4) is 0 Å². The van der Waals surface area contributed by atoms with Crippen molar-refractivity contribution in [3.63, 3.8) is 0 Å². The van der Waals surface area contributed by atoms with Crippen LogP contribution in [0.4, 0.5) is 4.79 Å². The van der Waals surface area contributed by atoms with Gasteiger partial charge in [0.15, 0.2) is 0 Å². The van der Waals surface area contributed by atoms with Gasteiger partial charge in [-0.1, -0.05) is 27.7 Å². The van der Waals surface area contributed by atoms with E-state index in [1.807, 2.05) is 13.8 Å². The second-order valence-corrected chi connectivity index (χ2v) is 5.76. The van der Waals surface area contributed by atoms with Gasteiger partial charge in [-0.05, 0) is 29.8 Å². The molecule has 0 aromatic carbocycles. The van der Waals surface area contributed by atoms with Crippen molar-refractivity contribution in [1.29, 1.82) is 0 Å². The maximum absolute atomic E-state index is 10.7. The van der Waals surface area contributed by atoms with Gasteiger partial charge in [-0.3, -0.25) is 0 Å². The lowest BCUT2D eigenvalue weighted by atomic mass is 10.2. The Labute approximate surface area is 88.5 Å². The van der Waals surface area contributed by atoms with E-state index in [-0.39, 0.29) is 0 Å². The fourth-order valence-corrected chi connectivity index (χ4v) is 2.47. The summed E-state index contributed by atoms with van der Waals surface area (Å²) in [6, 6.07) is 0. The summed E-state index contributed by atoms with van der Waals surface area (Å²) in [5, 5.41) is 9.15. The van der Waals surface area contributed by atoms with Crippen molar-refractivity contribution in [2.75, 3.05) is 5.75 Å². The van der Waals surface area contributed by atoms with E-state index in [2.05, 4.69) is 13.8 Å². The molecule has 0 fully saturated rings. The number of hydrogen-bond donors (Lipinski definition) is 1. The first kappa shape index (κ1) is 13.0. The second-order valence-electron chi connectivity index (χ2n) is 3.01. The van der Waals surface area contributed by atoms with Gasteiger partial charge in [-0.25, -0.2) is 4.79 Å². The van der Waals surface area contributed by atoms with E-state index in [0.717, 1.165) is 5.75 Å². The van der Waals surface area contributed by atoms with E-state index in [0.29, 0.717) is 11.2 Å². The average Bonchev–Trinajstić information content (AvgIpc) is 2.03. The minimum absolute atomic E-state index is 0.329. The van der Waals surface area contributed by atoms with Gasteiger partial charge in [0.1, 0.15) is 0 Å². The summed E-state index contributed by atoms with van der Waals surface area (Å²) >= 11 is 2.71. The molecule has 13 heavy (non-hydrogen) atoms. The first-order chi connectivity index (χ1) is 5.99. The van der Waals surface area contributed by atoms with Gasteiger partial charge in [0.25, 0.3) is 0 Å². The lowest BCUT2D eigenvalue weighted by Crippen LogP contribution is -2.20. The average molecular weight is 223 g/mol. The van der Waals surface area contributed by atoms with Crippen molar-refractivity contribution in [1.82, 2.24) is 3.71 Å². The van der Waals surface area contributed by atoms with Gasteiger partial charge in [0.05, 0.1) is 0 Å². The van der Waals surface area contributed by atoms with Gasteiger partial charge in [-0.2, -0.15) is 3.71 Å². The SMILES string of the molecule is CCSN(SC(C)C(C)C)C(=O)O. The highest BCUT2D eigenvalue weighted by Crippen LogP contribution is 2.29. The molecular formula is C8H17NO2S2. The Morgan fingerprint density at radius 1 is 1.46 bits per heavy atom. The molecule has 0 saturated heterocycles. The number of rotatable bonds is 5. The van der Waals surface area contributed by atoms with Crippen molar-refractivity contribution >= 4 is 30.0 Å². The van der Waals surface area contributed by atoms with Crippen molar-refractivity contribution in [3.05, 3.63) is 0 Å². The largest absolute Gasteiger partial charge is 0.464 e. The summed E-state index contributed by atoms with van der Waals surface area (Å²) in [5.74, 6) is 1.27. The summed E-state index contributed by atoms with van der Waals surface area (Å²) in [7, 11) is 0. The number of nitrogens with zero attached hydrogens (tertiary/aromatic N) is 1. The molecule has 1 unspecified atom stereocenters. The summed E-state index contributed by atoms with van der Waals surface area (Å²) < 4.78 is 1.34. The smallest absolute Gasteiger partial charge is 0.427 e. The number of carbonyl (C=O) groups is 1. The van der Waals surface area contributed by atoms with Crippen molar-refractivity contribution < 1.29 is 9.90 Å². The Hall–Kier alpha value is -0.0300. The zero-order valence-corrected chi connectivity index (χ0v) is 10.1. The molecule has 1 atom stereocenters. The molecule has 0 radical (unpaired) electrons. The fourth-order valence-electron chi connectivity index (χ4n) is 0.521. The number of hydrogen-bond acceptors (Lipinski definition) is 3. The second kappa shape index (κ2) is 6.43. The molecule has 0 aromatic heterocycles. The third kappa shape index (κ3) is 5.31. The standard InChI is InChI=1S/C8H17NO2S2/c1-5-12-9(8(10)11)13-7(4)6(2)3/h6-7H,5H2,1-4H3,(H,10,11). The lowest BCUT2D eigenvalue weighted by Gasteiger charge is -2.21. The summed E-state index contributed by atoms with van der Waals surface area (Å²) in [6.07, 6.45) is -0.871. The normalized spacial score (nSPS) is 13.0. The first-order valence-corrected chi connectivity index (χ1v) is 6.09. The van der Waals surface area contributed by atoms with Gasteiger partial charge < -0.3 is 5.11 Å². The molecule has 0 spiro atoms. The molecule has 78 valence electrons. The Morgan fingerprint density at radius 3 is 2.31 bits per heavy atom. The molecule has 0 aromatic rings. The van der Waals surface area contributed by atoms with E-state index in [1.165, 1.54) is 27.6 Å². The predicted molar refractivity (Wildman–Crippen MR) is 59.9 cm³/mol. The molecule has 0 bridgehead atoms. The molecule has 0 aliphatic rings. The minimum atomic E-state index is -0.871. The van der Waals surface area contributed by atoms with Gasteiger partial charge in [-0.15, -0.1) is 0 Å². The number of carboxylic acid groups (broad SMARTS) is 1. The van der Waals surface area contributed by atoms with Crippen LogP contribution in [0.25, 0.3) is 0 Å². The molecule has 3 nitrogen and oxygen atoms in total. The van der Waals surface area contributed by atoms with Crippen LogP contribution in [0.15, 0.2) is 0 Å². The van der Waals surface area contributed by atoms with Crippen LogP contribution in [0.2, 0.25) is 0 Å². The van der Waals surface area contributed by atoms with Crippen LogP contribution in [-0.2, 0) is 0 Å². The highest BCUT2D eigenvalue weighted by molar-refractivity contribution is 8.13. The van der Waals surface area contributed by atoms with Crippen LogP contribution in [0, 0.1) is 5.92 Å². The Kier molecular flexibility index (Phi) is 6.41. The van der Waals surface area contributed by atoms with E-state index in [4.69, 9.17) is 5.11 Å². The van der Waals surface area contributed by atoms with Gasteiger partial charge in [0.2, 0.25) is 0 Å². The van der Waals surface area contributed by atoms with E-state index >= 15 is 0 Å². The van der Waals surface area contributed by atoms with Crippen LogP contribution >= 0.6 is 23.9 Å². The Bertz CT molecular complexity index is 164. The zero-order valence-electron chi connectivity index (χ0n) is 8.48. The summed E-state index contributed by atoms with van der Waals surface area (Å²) in [4.78, 5) is 10.7. The molecule has 0 rings (SSSR count). The van der Waals surface area contributed by atoms with Gasteiger partial charge in [0, 0.05) is 11.0 Å². The molecule has 0 heterocycles. The van der Waals surface area contributed by atoms with E-state index in [9.17, 15) is 4.79 Å². The van der Waals surface area contributed by atoms with Gasteiger partial charge >= 0.3 is 6.09 Å². The maximum atomic E-state index is 10.7. The van der Waals surface area contributed by atoms with Crippen LogP contribution in [0.1, 0.15) is 27.7 Å². The third-order valence-corrected chi connectivity index (χ3v) is 4.05. The molecule has 0 saturated carbocycles. The predicted octanol–water partition coefficient (Wildman–Crippen LogP) is 3.33. The Balaban J connectivity index is 4.01. The van der Waals surface area contributed by atoms with E-state index in [1.54, 1.807) is 0 Å². The van der Waals surface area contributed by atoms with Crippen molar-refractivity contribution in [2.45, 2.75) is 32.9 Å². The fraction of sp³-hybridized carbons (Fsp3) is 0.875. The highest BCUT2D eigenvalue weighted by atomic mass is 32.2. The Morgan fingerprint density at radius 2 is 2.00 bits per heavy atom. The molecule has 0 aliphatic heterocycles. The molecule has 5 heteroatoms. The van der Waals surface area contributed by atoms with Crippen molar-refractivity contribution in [2.24, 2.45) is 5.92 Å². The van der Waals surface area contributed by atoms with E-state index < -0.39 is 6.09 Å². The molecule has 1 amide bonds. The quantitative estimate of drug-likeness (QED) is 0.726. The third-order valence-electron chi connectivity index (χ3n) is 1.60. The molecule has 1 N–H and O–H groups in total. The topological polar surface area (TPSA) is 40.5 Å². The monoisotopic (exact) mass is 223 g/mol. The minimum Gasteiger partial charge on any atom is -0.464 e. The first-order valence-electron chi connectivity index (χ1n) is 4.31. The van der Waals surface area contributed by atoms with Crippen LogP contribution < -0.4 is 0 Å². The van der Waals surface area contributed by atoms with Crippen LogP contribution in [-0.4, -0.2) is 25.9 Å². The lowest BCUT2D eigenvalue weighted by molar-refractivity contribution is 0.190. The maximum Gasteiger partial charge on any atom is 0.427 e. The summed E-state index contributed by atoms with van der Waals surface area (Å²) in [6.45, 7) is 8.17. The molecule has 0 aliphatic carbocycles.